The molecule has 0 aromatic heterocycles. The lowest BCUT2D eigenvalue weighted by molar-refractivity contribution is 0.0922. The van der Waals surface area contributed by atoms with Gasteiger partial charge in [-0.05, 0) is 19.0 Å². The van der Waals surface area contributed by atoms with Crippen molar-refractivity contribution in [2.75, 3.05) is 33.2 Å². The molecule has 1 aromatic carbocycles. The SMILES string of the molecule is CCC1CN(CC(C(N)=NO)c2ccccc2)CCN1C. The average Bonchev–Trinajstić information content (AvgIpc) is 2.54. The Bertz CT molecular complexity index is 463. The van der Waals surface area contributed by atoms with E-state index in [4.69, 9.17) is 10.9 Å². The van der Waals surface area contributed by atoms with Gasteiger partial charge in [0.25, 0.3) is 0 Å². The molecular weight excluding hydrogens is 264 g/mol. The van der Waals surface area contributed by atoms with Gasteiger partial charge in [0.15, 0.2) is 0 Å². The van der Waals surface area contributed by atoms with Crippen molar-refractivity contribution in [1.29, 1.82) is 0 Å². The second-order valence-electron chi connectivity index (χ2n) is 5.79. The Morgan fingerprint density at radius 3 is 2.71 bits per heavy atom. The molecule has 0 radical (unpaired) electrons. The van der Waals surface area contributed by atoms with Crippen molar-refractivity contribution in [2.24, 2.45) is 10.9 Å². The molecule has 1 heterocycles. The Morgan fingerprint density at radius 1 is 1.38 bits per heavy atom. The van der Waals surface area contributed by atoms with E-state index in [0.717, 1.165) is 38.2 Å². The zero-order chi connectivity index (χ0) is 15.2. The summed E-state index contributed by atoms with van der Waals surface area (Å²) < 4.78 is 0. The molecule has 1 saturated heterocycles. The first kappa shape index (κ1) is 15.8. The lowest BCUT2D eigenvalue weighted by atomic mass is 9.96. The number of rotatable bonds is 5. The Morgan fingerprint density at radius 2 is 2.10 bits per heavy atom. The molecule has 116 valence electrons. The summed E-state index contributed by atoms with van der Waals surface area (Å²) in [6, 6.07) is 10.6. The molecular formula is C16H26N4O. The molecule has 2 atom stereocenters. The zero-order valence-electron chi connectivity index (χ0n) is 12.9. The van der Waals surface area contributed by atoms with E-state index in [1.807, 2.05) is 30.3 Å². The maximum Gasteiger partial charge on any atom is 0.147 e. The number of likely N-dealkylation sites (N-methyl/N-ethyl adjacent to an activating group) is 1. The van der Waals surface area contributed by atoms with Crippen molar-refractivity contribution < 1.29 is 5.21 Å². The number of hydrogen-bond donors (Lipinski definition) is 2. The normalized spacial score (nSPS) is 23.1. The Labute approximate surface area is 127 Å². The van der Waals surface area contributed by atoms with Crippen LogP contribution in [0.5, 0.6) is 0 Å². The third kappa shape index (κ3) is 3.95. The lowest BCUT2D eigenvalue weighted by Gasteiger charge is -2.40. The van der Waals surface area contributed by atoms with Crippen LogP contribution >= 0.6 is 0 Å². The van der Waals surface area contributed by atoms with Crippen LogP contribution in [-0.4, -0.2) is 60.1 Å². The predicted octanol–water partition coefficient (Wildman–Crippen LogP) is 1.54. The van der Waals surface area contributed by atoms with E-state index < -0.39 is 0 Å². The molecule has 0 aliphatic carbocycles. The highest BCUT2D eigenvalue weighted by Gasteiger charge is 2.26. The topological polar surface area (TPSA) is 65.1 Å². The van der Waals surface area contributed by atoms with E-state index in [9.17, 15) is 0 Å². The number of oxime groups is 1. The average molecular weight is 290 g/mol. The van der Waals surface area contributed by atoms with Gasteiger partial charge in [0, 0.05) is 32.2 Å². The summed E-state index contributed by atoms with van der Waals surface area (Å²) in [5.74, 6) is 0.227. The van der Waals surface area contributed by atoms with Crippen LogP contribution in [0.2, 0.25) is 0 Å². The lowest BCUT2D eigenvalue weighted by Crippen LogP contribution is -2.52. The van der Waals surface area contributed by atoms with Gasteiger partial charge in [0.05, 0.1) is 5.92 Å². The molecule has 3 N–H and O–H groups in total. The molecule has 1 fully saturated rings. The van der Waals surface area contributed by atoms with Gasteiger partial charge in [-0.3, -0.25) is 4.90 Å². The van der Waals surface area contributed by atoms with Crippen LogP contribution in [-0.2, 0) is 0 Å². The van der Waals surface area contributed by atoms with Gasteiger partial charge in [-0.2, -0.15) is 0 Å². The largest absolute Gasteiger partial charge is 0.409 e. The van der Waals surface area contributed by atoms with Crippen LogP contribution in [0, 0.1) is 0 Å². The van der Waals surface area contributed by atoms with Crippen LogP contribution in [0.25, 0.3) is 0 Å². The van der Waals surface area contributed by atoms with Gasteiger partial charge < -0.3 is 15.8 Å². The molecule has 2 rings (SSSR count). The van der Waals surface area contributed by atoms with Crippen LogP contribution in [0.4, 0.5) is 0 Å². The number of nitrogens with two attached hydrogens (primary N) is 1. The Hall–Kier alpha value is -1.59. The highest BCUT2D eigenvalue weighted by molar-refractivity contribution is 5.87. The molecule has 0 saturated carbocycles. The summed E-state index contributed by atoms with van der Waals surface area (Å²) >= 11 is 0. The van der Waals surface area contributed by atoms with Crippen molar-refractivity contribution in [3.8, 4) is 0 Å². The Balaban J connectivity index is 2.09. The highest BCUT2D eigenvalue weighted by atomic mass is 16.4. The third-order valence-electron chi connectivity index (χ3n) is 4.45. The number of benzene rings is 1. The first-order valence-corrected chi connectivity index (χ1v) is 7.60. The van der Waals surface area contributed by atoms with E-state index in [2.05, 4.69) is 28.9 Å². The quantitative estimate of drug-likeness (QED) is 0.374. The van der Waals surface area contributed by atoms with Gasteiger partial charge in [-0.1, -0.05) is 42.4 Å². The number of hydrogen-bond acceptors (Lipinski definition) is 4. The first-order valence-electron chi connectivity index (χ1n) is 7.60. The van der Waals surface area contributed by atoms with Crippen molar-refractivity contribution in [1.82, 2.24) is 9.80 Å². The van der Waals surface area contributed by atoms with Gasteiger partial charge >= 0.3 is 0 Å². The van der Waals surface area contributed by atoms with Crippen LogP contribution in [0.15, 0.2) is 35.5 Å². The zero-order valence-corrected chi connectivity index (χ0v) is 12.9. The molecule has 2 unspecified atom stereocenters. The second kappa shape index (κ2) is 7.43. The molecule has 21 heavy (non-hydrogen) atoms. The summed E-state index contributed by atoms with van der Waals surface area (Å²) in [4.78, 5) is 4.83. The number of piperazine rings is 1. The predicted molar refractivity (Wildman–Crippen MR) is 85.7 cm³/mol. The summed E-state index contributed by atoms with van der Waals surface area (Å²) in [7, 11) is 2.18. The highest BCUT2D eigenvalue weighted by Crippen LogP contribution is 2.20. The van der Waals surface area contributed by atoms with E-state index in [-0.39, 0.29) is 11.8 Å². The van der Waals surface area contributed by atoms with Gasteiger partial charge in [-0.25, -0.2) is 0 Å². The van der Waals surface area contributed by atoms with E-state index in [1.165, 1.54) is 0 Å². The minimum Gasteiger partial charge on any atom is -0.409 e. The summed E-state index contributed by atoms with van der Waals surface area (Å²) in [5.41, 5.74) is 7.02. The maximum atomic E-state index is 9.07. The fourth-order valence-electron chi connectivity index (χ4n) is 3.00. The van der Waals surface area contributed by atoms with Crippen LogP contribution < -0.4 is 5.73 Å². The van der Waals surface area contributed by atoms with E-state index in [1.54, 1.807) is 0 Å². The fourth-order valence-corrected chi connectivity index (χ4v) is 3.00. The molecule has 5 nitrogen and oxygen atoms in total. The molecule has 0 spiro atoms. The fraction of sp³-hybridized carbons (Fsp3) is 0.562. The van der Waals surface area contributed by atoms with Crippen molar-refractivity contribution >= 4 is 5.84 Å². The monoisotopic (exact) mass is 290 g/mol. The molecule has 1 aliphatic rings. The van der Waals surface area contributed by atoms with Crippen molar-refractivity contribution in [2.45, 2.75) is 25.3 Å². The standard InChI is InChI=1S/C16H26N4O/c1-3-14-11-20(10-9-19(14)2)12-15(16(17)18-21)13-7-5-4-6-8-13/h4-8,14-15,21H,3,9-12H2,1-2H3,(H2,17,18). The molecule has 1 aromatic rings. The minimum absolute atomic E-state index is 0.0582. The third-order valence-corrected chi connectivity index (χ3v) is 4.45. The summed E-state index contributed by atoms with van der Waals surface area (Å²) in [6.45, 7) is 6.15. The molecule has 0 amide bonds. The van der Waals surface area contributed by atoms with Crippen LogP contribution in [0.1, 0.15) is 24.8 Å². The van der Waals surface area contributed by atoms with Gasteiger partial charge in [0.1, 0.15) is 5.84 Å². The van der Waals surface area contributed by atoms with E-state index >= 15 is 0 Å². The summed E-state index contributed by atoms with van der Waals surface area (Å²) in [5, 5.41) is 12.3. The second-order valence-corrected chi connectivity index (χ2v) is 5.79. The van der Waals surface area contributed by atoms with Crippen molar-refractivity contribution in [3.63, 3.8) is 0 Å². The Kier molecular flexibility index (Phi) is 5.59. The number of nitrogens with zero attached hydrogens (tertiary/aromatic N) is 3. The number of amidine groups is 1. The molecule has 0 bridgehead atoms. The summed E-state index contributed by atoms with van der Waals surface area (Å²) in [6.07, 6.45) is 1.15. The van der Waals surface area contributed by atoms with Crippen molar-refractivity contribution in [3.05, 3.63) is 35.9 Å². The first-order chi connectivity index (χ1) is 10.2. The van der Waals surface area contributed by atoms with Crippen LogP contribution in [0.3, 0.4) is 0 Å². The smallest absolute Gasteiger partial charge is 0.147 e. The van der Waals surface area contributed by atoms with Gasteiger partial charge in [0.2, 0.25) is 0 Å². The minimum atomic E-state index is -0.0582. The maximum absolute atomic E-state index is 9.07. The molecule has 5 heteroatoms. The van der Waals surface area contributed by atoms with E-state index in [0.29, 0.717) is 6.04 Å². The van der Waals surface area contributed by atoms with Gasteiger partial charge in [-0.15, -0.1) is 0 Å². The molecule has 1 aliphatic heterocycles.